The highest BCUT2D eigenvalue weighted by atomic mass is 127. The van der Waals surface area contributed by atoms with Gasteiger partial charge >= 0.3 is 0 Å². The number of hydrogen-bond donors (Lipinski definition) is 0. The Hall–Kier alpha value is 0.300. The number of fused-ring (bicyclic) bond motifs is 4. The number of rotatable bonds is 1. The second-order valence-electron chi connectivity index (χ2n) is 8.02. The molecular weight excluding hydrogens is 375 g/mol. The summed E-state index contributed by atoms with van der Waals surface area (Å²) in [4.78, 5) is 0. The normalized spacial score (nSPS) is 39.4. The molecule has 0 aliphatic heterocycles. The van der Waals surface area contributed by atoms with Gasteiger partial charge < -0.3 is 0 Å². The third kappa shape index (κ3) is 1.37. The van der Waals surface area contributed by atoms with Crippen LogP contribution in [0.4, 0.5) is 0 Å². The number of benzene rings is 1. The number of hydrogen-bond acceptors (Lipinski definition) is 0. The Labute approximate surface area is 139 Å². The van der Waals surface area contributed by atoms with Crippen LogP contribution < -0.4 is 0 Å². The quantitative estimate of drug-likeness (QED) is 0.363. The highest BCUT2D eigenvalue weighted by Gasteiger charge is 2.76. The molecule has 0 saturated heterocycles. The molecule has 2 fully saturated rings. The fraction of sp³-hybridized carbons (Fsp3) is 0.667. The third-order valence-corrected chi connectivity index (χ3v) is 10.5. The maximum Gasteiger partial charge on any atom is 0.248 e. The fourth-order valence-corrected chi connectivity index (χ4v) is 10.2. The molecule has 3 aliphatic rings. The first-order valence-electron chi connectivity index (χ1n) is 7.84. The minimum atomic E-state index is 0.512. The summed E-state index contributed by atoms with van der Waals surface area (Å²) in [5.74, 6) is 0.931. The standard InChI is InChI=1S/C18H23IS/c1-16(2)14-8-9-17(16,3)18(15(14)20-19)10-12-6-4-5-7-13(12)11-18/h4-7,14-15H,8-11H2,1-3H3/p+1. The van der Waals surface area contributed by atoms with E-state index in [4.69, 9.17) is 0 Å². The first-order valence-corrected chi connectivity index (χ1v) is 11.6. The lowest BCUT2D eigenvalue weighted by molar-refractivity contribution is 0.0246. The predicted octanol–water partition coefficient (Wildman–Crippen LogP) is 4.76. The highest BCUT2D eigenvalue weighted by Crippen LogP contribution is 2.76. The molecule has 3 unspecified atom stereocenters. The minimum Gasteiger partial charge on any atom is -0.0620 e. The lowest BCUT2D eigenvalue weighted by Gasteiger charge is -2.47. The molecule has 2 bridgehead atoms. The average Bonchev–Trinajstić information content (AvgIpc) is 2.95. The number of halogens is 1. The van der Waals surface area contributed by atoms with Crippen LogP contribution in [-0.4, -0.2) is 5.25 Å². The van der Waals surface area contributed by atoms with Gasteiger partial charge in [0.05, 0.1) is 0 Å². The van der Waals surface area contributed by atoms with Crippen LogP contribution in [0.2, 0.25) is 0 Å². The third-order valence-electron chi connectivity index (χ3n) is 7.59. The number of thiol groups is 1. The molecule has 2 heteroatoms. The van der Waals surface area contributed by atoms with Crippen molar-refractivity contribution >= 4 is 30.1 Å². The van der Waals surface area contributed by atoms with Crippen LogP contribution in [-0.2, 0) is 21.8 Å². The second kappa shape index (κ2) is 4.18. The van der Waals surface area contributed by atoms with Crippen molar-refractivity contribution in [3.63, 3.8) is 0 Å². The van der Waals surface area contributed by atoms with Gasteiger partial charge in [0.15, 0.2) is 0 Å². The molecule has 20 heavy (non-hydrogen) atoms. The Morgan fingerprint density at radius 1 is 1.10 bits per heavy atom. The van der Waals surface area contributed by atoms with Gasteiger partial charge in [-0.05, 0) is 47.6 Å². The molecule has 2 saturated carbocycles. The van der Waals surface area contributed by atoms with Crippen LogP contribution in [0.15, 0.2) is 24.3 Å². The molecule has 0 radical (unpaired) electrons. The molecule has 0 heterocycles. The van der Waals surface area contributed by atoms with Crippen molar-refractivity contribution in [3.8, 4) is 0 Å². The van der Waals surface area contributed by atoms with E-state index in [0.29, 0.717) is 16.2 Å². The van der Waals surface area contributed by atoms with E-state index in [1.807, 2.05) is 0 Å². The first-order chi connectivity index (χ1) is 9.46. The van der Waals surface area contributed by atoms with E-state index in [-0.39, 0.29) is 0 Å². The van der Waals surface area contributed by atoms with E-state index < -0.39 is 0 Å². The summed E-state index contributed by atoms with van der Waals surface area (Å²) in [5.41, 5.74) is 4.85. The topological polar surface area (TPSA) is 0 Å². The van der Waals surface area contributed by atoms with E-state index in [1.165, 1.54) is 25.7 Å². The van der Waals surface area contributed by atoms with Gasteiger partial charge in [-0.15, -0.1) is 0 Å². The molecule has 4 rings (SSSR count). The summed E-state index contributed by atoms with van der Waals surface area (Å²) in [6, 6.07) is 9.23. The smallest absolute Gasteiger partial charge is 0.0620 e. The summed E-state index contributed by atoms with van der Waals surface area (Å²) < 4.78 is 0. The zero-order valence-electron chi connectivity index (χ0n) is 12.6. The van der Waals surface area contributed by atoms with Crippen molar-refractivity contribution in [2.24, 2.45) is 22.2 Å². The molecule has 3 aliphatic carbocycles. The zero-order chi connectivity index (χ0) is 14.2. The molecule has 0 amide bonds. The summed E-state index contributed by atoms with van der Waals surface area (Å²) in [6.45, 7) is 7.76. The zero-order valence-corrected chi connectivity index (χ0v) is 15.7. The Morgan fingerprint density at radius 2 is 1.70 bits per heavy atom. The van der Waals surface area contributed by atoms with Gasteiger partial charge in [0.1, 0.15) is 5.25 Å². The van der Waals surface area contributed by atoms with Crippen LogP contribution in [0, 0.1) is 22.2 Å². The van der Waals surface area contributed by atoms with E-state index in [9.17, 15) is 0 Å². The Kier molecular flexibility index (Phi) is 2.91. The Morgan fingerprint density at radius 3 is 2.25 bits per heavy atom. The average molecular weight is 399 g/mol. The van der Waals surface area contributed by atoms with E-state index >= 15 is 0 Å². The second-order valence-corrected chi connectivity index (χ2v) is 10.4. The van der Waals surface area contributed by atoms with Gasteiger partial charge in [-0.1, -0.05) is 45.0 Å². The van der Waals surface area contributed by atoms with Crippen molar-refractivity contribution < 1.29 is 0 Å². The van der Waals surface area contributed by atoms with E-state index in [1.54, 1.807) is 20.1 Å². The van der Waals surface area contributed by atoms with Crippen LogP contribution in [0.25, 0.3) is 0 Å². The van der Waals surface area contributed by atoms with Gasteiger partial charge in [-0.3, -0.25) is 0 Å². The summed E-state index contributed by atoms with van der Waals surface area (Å²) in [5, 5.41) is 0.893. The fourth-order valence-electron chi connectivity index (χ4n) is 6.10. The molecule has 0 nitrogen and oxygen atoms in total. The molecule has 3 atom stereocenters. The Balaban J connectivity index is 1.87. The summed E-state index contributed by atoms with van der Waals surface area (Å²) in [6.07, 6.45) is 5.57. The molecule has 1 aromatic carbocycles. The first kappa shape index (κ1) is 13.9. The van der Waals surface area contributed by atoms with Gasteiger partial charge in [0.2, 0.25) is 21.2 Å². The Bertz CT molecular complexity index is 539. The largest absolute Gasteiger partial charge is 0.248 e. The minimum absolute atomic E-state index is 0.512. The molecule has 1 aromatic rings. The maximum absolute atomic E-state index is 2.64. The monoisotopic (exact) mass is 399 g/mol. The van der Waals surface area contributed by atoms with Crippen LogP contribution in [0.1, 0.15) is 44.7 Å². The van der Waals surface area contributed by atoms with Crippen molar-refractivity contribution in [1.29, 1.82) is 0 Å². The van der Waals surface area contributed by atoms with Crippen LogP contribution >= 0.6 is 21.2 Å². The van der Waals surface area contributed by atoms with Crippen LogP contribution in [0.3, 0.4) is 0 Å². The highest BCUT2D eigenvalue weighted by molar-refractivity contribution is 14.2. The summed E-state index contributed by atoms with van der Waals surface area (Å²) >= 11 is 2.64. The van der Waals surface area contributed by atoms with Crippen molar-refractivity contribution in [2.45, 2.75) is 51.7 Å². The van der Waals surface area contributed by atoms with Crippen molar-refractivity contribution in [3.05, 3.63) is 35.4 Å². The predicted molar refractivity (Wildman–Crippen MR) is 97.5 cm³/mol. The van der Waals surface area contributed by atoms with E-state index in [2.05, 4.69) is 66.2 Å². The molecule has 0 aromatic heterocycles. The lowest BCUT2D eigenvalue weighted by atomic mass is 9.57. The lowest BCUT2D eigenvalue weighted by Crippen LogP contribution is -2.48. The van der Waals surface area contributed by atoms with Gasteiger partial charge in [0, 0.05) is 20.3 Å². The van der Waals surface area contributed by atoms with Gasteiger partial charge in [0.25, 0.3) is 0 Å². The van der Waals surface area contributed by atoms with Gasteiger partial charge in [-0.2, -0.15) is 0 Å². The molecule has 0 N–H and O–H groups in total. The summed E-state index contributed by atoms with van der Waals surface area (Å²) in [7, 11) is 1.61. The molecule has 108 valence electrons. The molecular formula is C18H24IS+. The van der Waals surface area contributed by atoms with Crippen molar-refractivity contribution in [2.75, 3.05) is 0 Å². The maximum atomic E-state index is 2.64. The SMILES string of the molecule is CC1(C)C2CCC1(C)C1(Cc3ccccc3C1)C2[SH+]I. The van der Waals surface area contributed by atoms with Crippen LogP contribution in [0.5, 0.6) is 0 Å². The molecule has 1 spiro atoms. The van der Waals surface area contributed by atoms with Gasteiger partial charge in [-0.25, -0.2) is 0 Å². The van der Waals surface area contributed by atoms with Crippen molar-refractivity contribution in [1.82, 2.24) is 0 Å². The van der Waals surface area contributed by atoms with E-state index in [0.717, 1.165) is 11.2 Å².